The molecule has 4 rings (SSSR count). The van der Waals surface area contributed by atoms with Gasteiger partial charge in [0.25, 0.3) is 0 Å². The van der Waals surface area contributed by atoms with Gasteiger partial charge in [-0.05, 0) is 68.0 Å². The largest absolute Gasteiger partial charge is 0.421 e. The van der Waals surface area contributed by atoms with Crippen LogP contribution in [-0.2, 0) is 0 Å². The maximum atomic E-state index is 12.7. The van der Waals surface area contributed by atoms with Gasteiger partial charge in [0, 0.05) is 24.4 Å². The predicted molar refractivity (Wildman–Crippen MR) is 106 cm³/mol. The maximum Gasteiger partial charge on any atom is 0.319 e. The van der Waals surface area contributed by atoms with Crippen LogP contribution in [0, 0.1) is 26.7 Å². The Morgan fingerprint density at radius 1 is 1.14 bits per heavy atom. The number of amides is 2. The summed E-state index contributed by atoms with van der Waals surface area (Å²) in [5.41, 5.74) is 4.46. The van der Waals surface area contributed by atoms with Gasteiger partial charge in [-0.2, -0.15) is 0 Å². The fraction of sp³-hybridized carbons (Fsp3) is 0.333. The molecule has 144 valence electrons. The quantitative estimate of drug-likeness (QED) is 0.690. The fourth-order valence-electron chi connectivity index (χ4n) is 3.20. The molecule has 1 fully saturated rings. The highest BCUT2D eigenvalue weighted by molar-refractivity contribution is 5.91. The van der Waals surface area contributed by atoms with Gasteiger partial charge in [-0.3, -0.25) is 4.98 Å². The van der Waals surface area contributed by atoms with Crippen molar-refractivity contribution in [3.63, 3.8) is 0 Å². The van der Waals surface area contributed by atoms with E-state index in [0.717, 1.165) is 35.2 Å². The second-order valence-electron chi connectivity index (χ2n) is 7.33. The van der Waals surface area contributed by atoms with Crippen LogP contribution in [0.4, 0.5) is 10.5 Å². The number of aryl methyl sites for hydroxylation is 3. The van der Waals surface area contributed by atoms with Crippen molar-refractivity contribution in [2.75, 3.05) is 5.32 Å². The number of benzene rings is 1. The number of hydrogen-bond donors (Lipinski definition) is 2. The number of nitrogens with zero attached hydrogens (tertiary/aromatic N) is 3. The fourth-order valence-corrected chi connectivity index (χ4v) is 3.20. The Morgan fingerprint density at radius 3 is 2.64 bits per heavy atom. The third-order valence-corrected chi connectivity index (χ3v) is 4.89. The summed E-state index contributed by atoms with van der Waals surface area (Å²) in [6.45, 7) is 5.72. The average molecular weight is 377 g/mol. The molecule has 7 heteroatoms. The van der Waals surface area contributed by atoms with Crippen molar-refractivity contribution in [2.24, 2.45) is 5.92 Å². The van der Waals surface area contributed by atoms with Gasteiger partial charge in [0.1, 0.15) is 0 Å². The molecule has 3 aromatic rings. The van der Waals surface area contributed by atoms with E-state index in [1.807, 2.05) is 44.2 Å². The Labute approximate surface area is 163 Å². The summed E-state index contributed by atoms with van der Waals surface area (Å²) in [6, 6.07) is 9.33. The molecule has 28 heavy (non-hydrogen) atoms. The van der Waals surface area contributed by atoms with Gasteiger partial charge < -0.3 is 15.1 Å². The molecule has 1 atom stereocenters. The zero-order chi connectivity index (χ0) is 19.7. The monoisotopic (exact) mass is 377 g/mol. The third-order valence-electron chi connectivity index (χ3n) is 4.89. The summed E-state index contributed by atoms with van der Waals surface area (Å²) < 4.78 is 5.48. The molecule has 0 spiro atoms. The van der Waals surface area contributed by atoms with Crippen LogP contribution in [0.2, 0.25) is 0 Å². The summed E-state index contributed by atoms with van der Waals surface area (Å²) >= 11 is 0. The van der Waals surface area contributed by atoms with Gasteiger partial charge >= 0.3 is 6.03 Å². The zero-order valence-electron chi connectivity index (χ0n) is 16.2. The Kier molecular flexibility index (Phi) is 4.81. The lowest BCUT2D eigenvalue weighted by Gasteiger charge is -2.19. The lowest BCUT2D eigenvalue weighted by molar-refractivity contribution is 0.246. The Bertz CT molecular complexity index is 1010. The first-order valence-electron chi connectivity index (χ1n) is 9.41. The molecule has 1 aliphatic rings. The number of carbonyl (C=O) groups excluding carboxylic acids is 1. The van der Waals surface area contributed by atoms with Crippen molar-refractivity contribution in [3.8, 4) is 11.5 Å². The normalized spacial score (nSPS) is 14.5. The van der Waals surface area contributed by atoms with E-state index < -0.39 is 0 Å². The van der Waals surface area contributed by atoms with Gasteiger partial charge in [-0.1, -0.05) is 6.07 Å². The van der Waals surface area contributed by atoms with Crippen LogP contribution in [0.5, 0.6) is 0 Å². The number of anilines is 1. The van der Waals surface area contributed by atoms with Gasteiger partial charge in [0.05, 0.1) is 11.7 Å². The highest BCUT2D eigenvalue weighted by Gasteiger charge is 2.34. The summed E-state index contributed by atoms with van der Waals surface area (Å²) in [6.07, 6.45) is 4.00. The number of urea groups is 1. The standard InChI is InChI=1S/C21H23N5O2/c1-12-8-9-22-18(10-12)19(15-6-7-15)24-21(27)23-17-11-16(5-4-13(17)2)20-26-25-14(3)28-20/h4-5,8-11,15,19H,6-7H2,1-3H3,(H2,23,24,27)/t19-/m0/s1. The van der Waals surface area contributed by atoms with E-state index in [1.54, 1.807) is 13.1 Å². The zero-order valence-corrected chi connectivity index (χ0v) is 16.2. The molecule has 2 N–H and O–H groups in total. The third kappa shape index (κ3) is 4.03. The predicted octanol–water partition coefficient (Wildman–Crippen LogP) is 4.33. The number of carbonyl (C=O) groups is 1. The molecule has 1 saturated carbocycles. The average Bonchev–Trinajstić information content (AvgIpc) is 3.42. The summed E-state index contributed by atoms with van der Waals surface area (Å²) in [5.74, 6) is 1.37. The second kappa shape index (κ2) is 7.42. The highest BCUT2D eigenvalue weighted by atomic mass is 16.4. The lowest BCUT2D eigenvalue weighted by Crippen LogP contribution is -2.34. The smallest absolute Gasteiger partial charge is 0.319 e. The molecular formula is C21H23N5O2. The number of hydrogen-bond acceptors (Lipinski definition) is 5. The van der Waals surface area contributed by atoms with Crippen molar-refractivity contribution in [1.82, 2.24) is 20.5 Å². The molecule has 0 unspecified atom stereocenters. The van der Waals surface area contributed by atoms with E-state index in [-0.39, 0.29) is 12.1 Å². The van der Waals surface area contributed by atoms with Crippen molar-refractivity contribution in [3.05, 3.63) is 59.2 Å². The topological polar surface area (TPSA) is 92.9 Å². The number of aromatic nitrogens is 3. The van der Waals surface area contributed by atoms with E-state index in [0.29, 0.717) is 23.4 Å². The lowest BCUT2D eigenvalue weighted by atomic mass is 10.1. The Morgan fingerprint density at radius 2 is 1.96 bits per heavy atom. The minimum Gasteiger partial charge on any atom is -0.421 e. The molecule has 2 amide bonds. The van der Waals surface area contributed by atoms with Crippen molar-refractivity contribution < 1.29 is 9.21 Å². The van der Waals surface area contributed by atoms with Crippen molar-refractivity contribution >= 4 is 11.7 Å². The van der Waals surface area contributed by atoms with Crippen LogP contribution in [0.25, 0.3) is 11.5 Å². The van der Waals surface area contributed by atoms with E-state index in [9.17, 15) is 4.79 Å². The minimum atomic E-state index is -0.248. The molecule has 1 aromatic carbocycles. The molecule has 7 nitrogen and oxygen atoms in total. The van der Waals surface area contributed by atoms with Crippen molar-refractivity contribution in [2.45, 2.75) is 39.7 Å². The molecule has 2 heterocycles. The van der Waals surface area contributed by atoms with Gasteiger partial charge in [0.15, 0.2) is 0 Å². The van der Waals surface area contributed by atoms with Crippen LogP contribution < -0.4 is 10.6 Å². The van der Waals surface area contributed by atoms with E-state index in [1.165, 1.54) is 0 Å². The van der Waals surface area contributed by atoms with Gasteiger partial charge in [-0.15, -0.1) is 10.2 Å². The Hall–Kier alpha value is -3.22. The molecule has 0 saturated heterocycles. The molecule has 0 radical (unpaired) electrons. The first-order chi connectivity index (χ1) is 13.5. The van der Waals surface area contributed by atoms with Crippen LogP contribution in [0.15, 0.2) is 40.9 Å². The van der Waals surface area contributed by atoms with Crippen LogP contribution >= 0.6 is 0 Å². The first kappa shape index (κ1) is 18.2. The van der Waals surface area contributed by atoms with E-state index >= 15 is 0 Å². The molecule has 2 aromatic heterocycles. The molecule has 0 bridgehead atoms. The number of pyridine rings is 1. The highest BCUT2D eigenvalue weighted by Crippen LogP contribution is 2.40. The van der Waals surface area contributed by atoms with Gasteiger partial charge in [0.2, 0.25) is 11.8 Å². The SMILES string of the molecule is Cc1ccnc([C@@H](NC(=O)Nc2cc(-c3nnc(C)o3)ccc2C)C2CC2)c1. The second-order valence-corrected chi connectivity index (χ2v) is 7.33. The molecule has 1 aliphatic carbocycles. The summed E-state index contributed by atoms with van der Waals surface area (Å²) in [4.78, 5) is 17.2. The van der Waals surface area contributed by atoms with Crippen LogP contribution in [0.3, 0.4) is 0 Å². The number of nitrogens with one attached hydrogen (secondary N) is 2. The number of rotatable bonds is 5. The van der Waals surface area contributed by atoms with Crippen LogP contribution in [-0.4, -0.2) is 21.2 Å². The maximum absolute atomic E-state index is 12.7. The van der Waals surface area contributed by atoms with Crippen molar-refractivity contribution in [1.29, 1.82) is 0 Å². The van der Waals surface area contributed by atoms with Gasteiger partial charge in [-0.25, -0.2) is 4.79 Å². The summed E-state index contributed by atoms with van der Waals surface area (Å²) in [7, 11) is 0. The molecular weight excluding hydrogens is 354 g/mol. The Balaban J connectivity index is 1.51. The van der Waals surface area contributed by atoms with Crippen LogP contribution in [0.1, 0.15) is 41.6 Å². The minimum absolute atomic E-state index is 0.0815. The first-order valence-corrected chi connectivity index (χ1v) is 9.41. The van der Waals surface area contributed by atoms with E-state index in [2.05, 4.69) is 25.8 Å². The molecule has 0 aliphatic heterocycles. The van der Waals surface area contributed by atoms with E-state index in [4.69, 9.17) is 4.42 Å². The summed E-state index contributed by atoms with van der Waals surface area (Å²) in [5, 5.41) is 14.0.